The van der Waals surface area contributed by atoms with E-state index in [1.165, 1.54) is 12.1 Å². The zero-order chi connectivity index (χ0) is 14.3. The maximum absolute atomic E-state index is 13.4. The molecule has 2 N–H and O–H groups in total. The quantitative estimate of drug-likeness (QED) is 0.868. The van der Waals surface area contributed by atoms with Crippen LogP contribution in [0.1, 0.15) is 13.3 Å². The van der Waals surface area contributed by atoms with Crippen LogP contribution in [0.4, 0.5) is 9.18 Å². The minimum atomic E-state index is -0.643. The molecule has 0 aliphatic carbocycles. The molecule has 0 aliphatic rings. The van der Waals surface area contributed by atoms with E-state index >= 15 is 0 Å². The number of nitrogens with one attached hydrogen (secondary N) is 2. The molecule has 1 aromatic carbocycles. The van der Waals surface area contributed by atoms with Crippen molar-refractivity contribution in [3.8, 4) is 5.75 Å². The Labute approximate surface area is 118 Å². The normalized spacial score (nSPS) is 9.84. The van der Waals surface area contributed by atoms with Crippen LogP contribution in [0, 0.1) is 5.82 Å². The predicted molar refractivity (Wildman–Crippen MR) is 71.4 cm³/mol. The van der Waals surface area contributed by atoms with Gasteiger partial charge in [0, 0.05) is 11.0 Å². The van der Waals surface area contributed by atoms with Crippen molar-refractivity contribution in [1.29, 1.82) is 0 Å². The molecule has 0 fully saturated rings. The summed E-state index contributed by atoms with van der Waals surface area (Å²) in [6.07, 6.45) is 0.766. The molecule has 5 nitrogen and oxygen atoms in total. The second kappa shape index (κ2) is 7.73. The summed E-state index contributed by atoms with van der Waals surface area (Å²) in [4.78, 5) is 22.5. The third-order valence-electron chi connectivity index (χ3n) is 2.04. The Morgan fingerprint density at radius 3 is 2.79 bits per heavy atom. The molecule has 0 saturated carbocycles. The van der Waals surface area contributed by atoms with E-state index in [2.05, 4.69) is 26.6 Å². The summed E-state index contributed by atoms with van der Waals surface area (Å²) >= 11 is 3.11. The molecule has 1 aromatic rings. The number of rotatable bonds is 5. The van der Waals surface area contributed by atoms with E-state index in [0.29, 0.717) is 11.0 Å². The lowest BCUT2D eigenvalue weighted by molar-refractivity contribution is -0.122. The molecule has 3 amide bonds. The van der Waals surface area contributed by atoms with Gasteiger partial charge >= 0.3 is 6.03 Å². The zero-order valence-corrected chi connectivity index (χ0v) is 11.9. The molecule has 0 saturated heterocycles. The average molecular weight is 333 g/mol. The topological polar surface area (TPSA) is 67.4 Å². The highest BCUT2D eigenvalue weighted by atomic mass is 79.9. The summed E-state index contributed by atoms with van der Waals surface area (Å²) in [5.74, 6) is -1.28. The number of hydrogen-bond donors (Lipinski definition) is 2. The first-order valence-corrected chi connectivity index (χ1v) is 6.47. The second-order valence-electron chi connectivity index (χ2n) is 3.67. The zero-order valence-electron chi connectivity index (χ0n) is 10.3. The van der Waals surface area contributed by atoms with Crippen LogP contribution < -0.4 is 15.4 Å². The van der Waals surface area contributed by atoms with Gasteiger partial charge in [0.25, 0.3) is 5.91 Å². The Morgan fingerprint density at radius 2 is 2.16 bits per heavy atom. The van der Waals surface area contributed by atoms with Gasteiger partial charge in [0.05, 0.1) is 0 Å². The SMILES string of the molecule is CCCNC(=O)NC(=O)COc1ccc(Br)cc1F. The first kappa shape index (κ1) is 15.4. The van der Waals surface area contributed by atoms with Gasteiger partial charge in [-0.1, -0.05) is 22.9 Å². The van der Waals surface area contributed by atoms with Gasteiger partial charge in [-0.25, -0.2) is 9.18 Å². The van der Waals surface area contributed by atoms with Gasteiger partial charge in [-0.2, -0.15) is 0 Å². The van der Waals surface area contributed by atoms with E-state index in [1.54, 1.807) is 6.07 Å². The molecule has 7 heteroatoms. The maximum Gasteiger partial charge on any atom is 0.321 e. The number of amides is 3. The Balaban J connectivity index is 2.39. The smallest absolute Gasteiger partial charge is 0.321 e. The van der Waals surface area contributed by atoms with Crippen molar-refractivity contribution in [2.75, 3.05) is 13.2 Å². The van der Waals surface area contributed by atoms with Crippen LogP contribution >= 0.6 is 15.9 Å². The fraction of sp³-hybridized carbons (Fsp3) is 0.333. The molecule has 0 radical (unpaired) electrons. The largest absolute Gasteiger partial charge is 0.481 e. The number of ether oxygens (including phenoxy) is 1. The maximum atomic E-state index is 13.4. The van der Waals surface area contributed by atoms with E-state index in [4.69, 9.17) is 4.74 Å². The monoisotopic (exact) mass is 332 g/mol. The minimum absolute atomic E-state index is 0.0488. The van der Waals surface area contributed by atoms with Crippen LogP contribution in [-0.4, -0.2) is 25.1 Å². The second-order valence-corrected chi connectivity index (χ2v) is 4.58. The molecule has 0 atom stereocenters. The molecular weight excluding hydrogens is 319 g/mol. The molecule has 0 spiro atoms. The lowest BCUT2D eigenvalue weighted by Gasteiger charge is -2.08. The number of hydrogen-bond acceptors (Lipinski definition) is 3. The van der Waals surface area contributed by atoms with E-state index in [0.717, 1.165) is 6.42 Å². The van der Waals surface area contributed by atoms with Crippen molar-refractivity contribution in [2.45, 2.75) is 13.3 Å². The summed E-state index contributed by atoms with van der Waals surface area (Å²) < 4.78 is 18.9. The van der Waals surface area contributed by atoms with Crippen molar-refractivity contribution in [2.24, 2.45) is 0 Å². The molecule has 1 rings (SSSR count). The van der Waals surface area contributed by atoms with Gasteiger partial charge in [-0.05, 0) is 24.6 Å². The molecule has 0 aromatic heterocycles. The molecular formula is C12H14BrFN2O3. The van der Waals surface area contributed by atoms with Crippen LogP contribution in [0.2, 0.25) is 0 Å². The molecule has 19 heavy (non-hydrogen) atoms. The third-order valence-corrected chi connectivity index (χ3v) is 2.53. The Kier molecular flexibility index (Phi) is 6.27. The van der Waals surface area contributed by atoms with Gasteiger partial charge < -0.3 is 10.1 Å². The lowest BCUT2D eigenvalue weighted by Crippen LogP contribution is -2.41. The number of imide groups is 1. The Hall–Kier alpha value is -1.63. The standard InChI is InChI=1S/C12H14BrFN2O3/c1-2-5-15-12(18)16-11(17)7-19-10-4-3-8(13)6-9(10)14/h3-4,6H,2,5,7H2,1H3,(H2,15,16,17,18). The number of benzene rings is 1. The fourth-order valence-corrected chi connectivity index (χ4v) is 1.51. The van der Waals surface area contributed by atoms with Crippen molar-refractivity contribution in [3.05, 3.63) is 28.5 Å². The van der Waals surface area contributed by atoms with E-state index in [-0.39, 0.29) is 5.75 Å². The van der Waals surface area contributed by atoms with Crippen LogP contribution in [-0.2, 0) is 4.79 Å². The van der Waals surface area contributed by atoms with Gasteiger partial charge in [0.15, 0.2) is 18.2 Å². The highest BCUT2D eigenvalue weighted by Gasteiger charge is 2.10. The van der Waals surface area contributed by atoms with E-state index in [1.807, 2.05) is 6.92 Å². The molecule has 104 valence electrons. The van der Waals surface area contributed by atoms with Crippen molar-refractivity contribution in [3.63, 3.8) is 0 Å². The molecule has 0 unspecified atom stereocenters. The third kappa shape index (κ3) is 5.69. The van der Waals surface area contributed by atoms with E-state index < -0.39 is 24.4 Å². The summed E-state index contributed by atoms with van der Waals surface area (Å²) in [6, 6.07) is 3.61. The fourth-order valence-electron chi connectivity index (χ4n) is 1.18. The molecule has 0 aliphatic heterocycles. The van der Waals surface area contributed by atoms with Crippen molar-refractivity contribution < 1.29 is 18.7 Å². The van der Waals surface area contributed by atoms with Crippen LogP contribution in [0.15, 0.2) is 22.7 Å². The van der Waals surface area contributed by atoms with Gasteiger partial charge in [0.1, 0.15) is 0 Å². The van der Waals surface area contributed by atoms with Crippen LogP contribution in [0.3, 0.4) is 0 Å². The van der Waals surface area contributed by atoms with Crippen molar-refractivity contribution in [1.82, 2.24) is 10.6 Å². The highest BCUT2D eigenvalue weighted by molar-refractivity contribution is 9.10. The lowest BCUT2D eigenvalue weighted by atomic mass is 10.3. The summed E-state index contributed by atoms with van der Waals surface area (Å²) in [6.45, 7) is 1.93. The summed E-state index contributed by atoms with van der Waals surface area (Å²) in [7, 11) is 0. The summed E-state index contributed by atoms with van der Waals surface area (Å²) in [5.41, 5.74) is 0. The number of carbonyl (C=O) groups is 2. The van der Waals surface area contributed by atoms with Crippen LogP contribution in [0.5, 0.6) is 5.75 Å². The predicted octanol–water partition coefficient (Wildman–Crippen LogP) is 2.20. The average Bonchev–Trinajstić information content (AvgIpc) is 2.35. The number of urea groups is 1. The number of halogens is 2. The van der Waals surface area contributed by atoms with Gasteiger partial charge in [0.2, 0.25) is 0 Å². The van der Waals surface area contributed by atoms with Gasteiger partial charge in [-0.3, -0.25) is 10.1 Å². The molecule has 0 heterocycles. The van der Waals surface area contributed by atoms with Crippen molar-refractivity contribution >= 4 is 27.9 Å². The van der Waals surface area contributed by atoms with E-state index in [9.17, 15) is 14.0 Å². The Morgan fingerprint density at radius 1 is 1.42 bits per heavy atom. The minimum Gasteiger partial charge on any atom is -0.481 e. The summed E-state index contributed by atoms with van der Waals surface area (Å²) in [5, 5.41) is 4.54. The Bertz CT molecular complexity index is 468. The first-order chi connectivity index (χ1) is 9.02. The molecule has 0 bridgehead atoms. The van der Waals surface area contributed by atoms with Crippen LogP contribution in [0.25, 0.3) is 0 Å². The first-order valence-electron chi connectivity index (χ1n) is 5.68. The van der Waals surface area contributed by atoms with Gasteiger partial charge in [-0.15, -0.1) is 0 Å². The number of carbonyl (C=O) groups excluding carboxylic acids is 2. The highest BCUT2D eigenvalue weighted by Crippen LogP contribution is 2.21.